The average molecular weight is 703 g/mol. The minimum Gasteiger partial charge on any atom is -0.443 e. The van der Waals surface area contributed by atoms with E-state index in [-0.39, 0.29) is 20.1 Å². The van der Waals surface area contributed by atoms with Crippen molar-refractivity contribution >= 4 is 11.6 Å². The van der Waals surface area contributed by atoms with Crippen LogP contribution in [0.3, 0.4) is 0 Å². The summed E-state index contributed by atoms with van der Waals surface area (Å²) in [5.41, 5.74) is 2.04. The van der Waals surface area contributed by atoms with Gasteiger partial charge in [-0.15, -0.1) is 12.1 Å². The molecule has 0 spiro atoms. The summed E-state index contributed by atoms with van der Waals surface area (Å²) in [6, 6.07) is 33.6. The van der Waals surface area contributed by atoms with E-state index in [0.29, 0.717) is 28.1 Å². The summed E-state index contributed by atoms with van der Waals surface area (Å²) in [7, 11) is 0. The van der Waals surface area contributed by atoms with E-state index in [9.17, 15) is 0 Å². The first-order valence-electron chi connectivity index (χ1n) is 11.9. The Morgan fingerprint density at radius 1 is 0.550 bits per heavy atom. The topological polar surface area (TPSA) is 109 Å². The summed E-state index contributed by atoms with van der Waals surface area (Å²) >= 11 is 0. The van der Waals surface area contributed by atoms with Gasteiger partial charge in [0.2, 0.25) is 0 Å². The Bertz CT molecular complexity index is 1450. The maximum Gasteiger partial charge on any atom is 0.127 e. The zero-order chi connectivity index (χ0) is 26.8. The molecule has 0 unspecified atom stereocenters. The second-order valence-electron chi connectivity index (χ2n) is 7.44. The molecule has 6 rings (SSSR count). The number of hydrogen-bond donors (Lipinski definition) is 0. The molecule has 0 bridgehead atoms. The van der Waals surface area contributed by atoms with Gasteiger partial charge in [-0.3, -0.25) is 14.6 Å². The molecule has 40 heavy (non-hydrogen) atoms. The molecule has 0 saturated carbocycles. The molecular formula is C30H24IrN9-3. The van der Waals surface area contributed by atoms with Crippen LogP contribution in [0.25, 0.3) is 0 Å². The molecule has 0 aliphatic heterocycles. The maximum atomic E-state index is 4.22. The van der Waals surface area contributed by atoms with Crippen molar-refractivity contribution in [1.82, 2.24) is 24.9 Å². The largest absolute Gasteiger partial charge is 0.443 e. The Hall–Kier alpha value is -5.05. The van der Waals surface area contributed by atoms with E-state index >= 15 is 0 Å². The fourth-order valence-electron chi connectivity index (χ4n) is 2.85. The third-order valence-corrected chi connectivity index (χ3v) is 4.56. The van der Waals surface area contributed by atoms with Gasteiger partial charge in [-0.05, 0) is 24.3 Å². The van der Waals surface area contributed by atoms with E-state index in [0.717, 1.165) is 0 Å². The van der Waals surface area contributed by atoms with Gasteiger partial charge in [0.05, 0.1) is 17.8 Å². The van der Waals surface area contributed by atoms with Gasteiger partial charge < -0.3 is 24.9 Å². The average Bonchev–Trinajstić information content (AvgIpc) is 3.01. The van der Waals surface area contributed by atoms with Crippen molar-refractivity contribution in [3.63, 3.8) is 0 Å². The second kappa shape index (κ2) is 17.5. The molecule has 0 amide bonds. The van der Waals surface area contributed by atoms with E-state index in [1.807, 2.05) is 109 Å². The van der Waals surface area contributed by atoms with Crippen LogP contribution in [-0.4, -0.2) is 9.97 Å². The van der Waals surface area contributed by atoms with E-state index in [2.05, 4.69) is 46.2 Å². The third-order valence-electron chi connectivity index (χ3n) is 4.56. The molecule has 0 fully saturated rings. The van der Waals surface area contributed by atoms with Crippen molar-refractivity contribution in [2.75, 3.05) is 0 Å². The Kier molecular flexibility index (Phi) is 12.9. The summed E-state index contributed by atoms with van der Waals surface area (Å²) in [5, 5.41) is 4.19. The van der Waals surface area contributed by atoms with Crippen LogP contribution in [0.4, 0.5) is 11.6 Å². The standard InChI is InChI=1S/3C10H8N3.Ir/c1-4-8-13(9-5-1)12-10-6-2-3-7-11-10;2*1-3-7-11-9(5-1)13-10-6-2-4-8-12-10;/h3*1-8H;/q3*-1;. The normalized spacial score (nSPS) is 11.2. The van der Waals surface area contributed by atoms with Crippen molar-refractivity contribution in [2.45, 2.75) is 0 Å². The molecule has 6 aromatic rings. The number of rotatable bonds is 3. The van der Waals surface area contributed by atoms with Gasteiger partial charge in [0.15, 0.2) is 0 Å². The number of hydrogen-bond acceptors (Lipinski definition) is 5. The van der Waals surface area contributed by atoms with Crippen LogP contribution < -0.4 is 36.1 Å². The number of pyridine rings is 6. The van der Waals surface area contributed by atoms with E-state index in [1.165, 1.54) is 0 Å². The van der Waals surface area contributed by atoms with E-state index < -0.39 is 0 Å². The van der Waals surface area contributed by atoms with Crippen LogP contribution in [0, 0.1) is 6.20 Å². The molecule has 0 aliphatic rings. The Labute approximate surface area is 244 Å². The summed E-state index contributed by atoms with van der Waals surface area (Å²) < 4.78 is 1.60. The minimum atomic E-state index is 0. The van der Waals surface area contributed by atoms with Gasteiger partial charge >= 0.3 is 0 Å². The molecule has 9 nitrogen and oxygen atoms in total. The van der Waals surface area contributed by atoms with Crippen LogP contribution in [0.1, 0.15) is 0 Å². The summed E-state index contributed by atoms with van der Waals surface area (Å²) in [6.45, 7) is 0. The minimum absolute atomic E-state index is 0. The monoisotopic (exact) mass is 703 g/mol. The van der Waals surface area contributed by atoms with E-state index in [1.54, 1.807) is 41.7 Å². The van der Waals surface area contributed by atoms with Gasteiger partial charge in [-0.2, -0.15) is 6.07 Å². The summed E-state index contributed by atoms with van der Waals surface area (Å²) in [5.74, 6) is 1.36. The van der Waals surface area contributed by atoms with Crippen molar-refractivity contribution in [3.05, 3.63) is 169 Å². The fraction of sp³-hybridized carbons (Fsp3) is 0. The Morgan fingerprint density at radius 2 is 1.05 bits per heavy atom. The summed E-state index contributed by atoms with van der Waals surface area (Å²) in [4.78, 5) is 28.8. The predicted molar refractivity (Wildman–Crippen MR) is 145 cm³/mol. The molecule has 6 aromatic heterocycles. The quantitative estimate of drug-likeness (QED) is 0.208. The molecule has 10 heteroatoms. The molecule has 0 saturated heterocycles. The molecule has 0 aromatic carbocycles. The molecule has 1 radical (unpaired) electrons. The molecule has 0 atom stereocenters. The molecule has 0 N–H and O–H groups in total. The first-order valence-corrected chi connectivity index (χ1v) is 11.9. The fourth-order valence-corrected chi connectivity index (χ4v) is 2.85. The van der Waals surface area contributed by atoms with Crippen LogP contribution in [0.5, 0.6) is 0 Å². The van der Waals surface area contributed by atoms with Crippen molar-refractivity contribution in [1.29, 1.82) is 0 Å². The SMILES string of the molecule is [Ir].[c-]1cccc[n+]1N=c1cccc[n-]1.c1ccc(N=c2cccc[n-]2)nc1.c1ccc(N=c2cccc[n-]2)nc1. The predicted octanol–water partition coefficient (Wildman–Crippen LogP) is 2.64. The van der Waals surface area contributed by atoms with E-state index in [4.69, 9.17) is 0 Å². The van der Waals surface area contributed by atoms with Gasteiger partial charge in [-0.1, -0.05) is 96.3 Å². The van der Waals surface area contributed by atoms with Crippen LogP contribution in [-0.2, 0) is 20.1 Å². The zero-order valence-electron chi connectivity index (χ0n) is 21.2. The molecule has 0 aliphatic carbocycles. The first-order chi connectivity index (χ1) is 19.3. The van der Waals surface area contributed by atoms with Gasteiger partial charge in [0.25, 0.3) is 0 Å². The van der Waals surface area contributed by atoms with Gasteiger partial charge in [0.1, 0.15) is 6.20 Å². The molecule has 201 valence electrons. The second-order valence-corrected chi connectivity index (χ2v) is 7.44. The van der Waals surface area contributed by atoms with Crippen molar-refractivity contribution in [2.24, 2.45) is 15.1 Å². The van der Waals surface area contributed by atoms with Crippen molar-refractivity contribution in [3.8, 4) is 0 Å². The maximum absolute atomic E-state index is 4.22. The van der Waals surface area contributed by atoms with Crippen LogP contribution in [0.15, 0.2) is 161 Å². The van der Waals surface area contributed by atoms with Gasteiger partial charge in [0, 0.05) is 38.0 Å². The smallest absolute Gasteiger partial charge is 0.127 e. The van der Waals surface area contributed by atoms with Crippen molar-refractivity contribution < 1.29 is 24.8 Å². The molecule has 6 heterocycles. The van der Waals surface area contributed by atoms with Crippen LogP contribution in [0.2, 0.25) is 0 Å². The summed E-state index contributed by atoms with van der Waals surface area (Å²) in [6.07, 6.45) is 13.3. The Morgan fingerprint density at radius 3 is 1.45 bits per heavy atom. The number of aromatic nitrogens is 6. The third kappa shape index (κ3) is 11.1. The first kappa shape index (κ1) is 29.5. The van der Waals surface area contributed by atoms with Crippen LogP contribution >= 0.6 is 0 Å². The number of nitrogens with zero attached hydrogens (tertiary/aromatic N) is 9. The van der Waals surface area contributed by atoms with Gasteiger partial charge in [-0.25, -0.2) is 5.10 Å². The Balaban J connectivity index is 0.000000163. The zero-order valence-corrected chi connectivity index (χ0v) is 23.6. The molecular weight excluding hydrogens is 679 g/mol.